The molecular formula is C13H15NO5. The normalized spacial score (nSPS) is 18.9. The van der Waals surface area contributed by atoms with E-state index in [1.54, 1.807) is 18.2 Å². The van der Waals surface area contributed by atoms with E-state index in [2.05, 4.69) is 4.74 Å². The van der Waals surface area contributed by atoms with E-state index in [1.165, 1.54) is 7.11 Å². The van der Waals surface area contributed by atoms with Crippen molar-refractivity contribution in [1.82, 2.24) is 0 Å². The van der Waals surface area contributed by atoms with Crippen LogP contribution in [0.25, 0.3) is 0 Å². The van der Waals surface area contributed by atoms with Crippen molar-refractivity contribution in [1.29, 1.82) is 0 Å². The first-order valence-corrected chi connectivity index (χ1v) is 5.88. The van der Waals surface area contributed by atoms with Crippen molar-refractivity contribution in [2.24, 2.45) is 5.73 Å². The van der Waals surface area contributed by atoms with Gasteiger partial charge in [-0.1, -0.05) is 6.07 Å². The first-order valence-electron chi connectivity index (χ1n) is 5.88. The van der Waals surface area contributed by atoms with Crippen molar-refractivity contribution in [3.8, 4) is 5.75 Å². The monoisotopic (exact) mass is 265 g/mol. The SMILES string of the molecule is COC(=O)C(N)c1ccc2c(c1)CCC(C(=O)O)O2. The number of carbonyl (C=O) groups excluding carboxylic acids is 1. The molecule has 1 aliphatic heterocycles. The number of aliphatic carboxylic acids is 1. The molecule has 1 aliphatic rings. The van der Waals surface area contributed by atoms with E-state index in [4.69, 9.17) is 15.6 Å². The number of hydrogen-bond donors (Lipinski definition) is 2. The zero-order chi connectivity index (χ0) is 14.0. The number of benzene rings is 1. The summed E-state index contributed by atoms with van der Waals surface area (Å²) in [6, 6.07) is 4.20. The number of ether oxygens (including phenoxy) is 2. The molecule has 1 aromatic rings. The number of methoxy groups -OCH3 is 1. The predicted molar refractivity (Wildman–Crippen MR) is 65.8 cm³/mol. The van der Waals surface area contributed by atoms with Crippen molar-refractivity contribution in [3.63, 3.8) is 0 Å². The summed E-state index contributed by atoms with van der Waals surface area (Å²) in [5.41, 5.74) is 7.23. The lowest BCUT2D eigenvalue weighted by Gasteiger charge is -2.24. The first-order chi connectivity index (χ1) is 9.02. The molecule has 102 valence electrons. The Morgan fingerprint density at radius 2 is 2.26 bits per heavy atom. The van der Waals surface area contributed by atoms with Crippen molar-refractivity contribution < 1.29 is 24.2 Å². The Morgan fingerprint density at radius 1 is 1.53 bits per heavy atom. The van der Waals surface area contributed by atoms with Gasteiger partial charge in [-0.05, 0) is 36.1 Å². The molecular weight excluding hydrogens is 250 g/mol. The maximum Gasteiger partial charge on any atom is 0.344 e. The number of esters is 1. The highest BCUT2D eigenvalue weighted by Crippen LogP contribution is 2.30. The number of hydrogen-bond acceptors (Lipinski definition) is 5. The topological polar surface area (TPSA) is 98.9 Å². The second-order valence-electron chi connectivity index (χ2n) is 4.35. The van der Waals surface area contributed by atoms with Crippen molar-refractivity contribution >= 4 is 11.9 Å². The number of fused-ring (bicyclic) bond motifs is 1. The summed E-state index contributed by atoms with van der Waals surface area (Å²) in [5, 5.41) is 8.91. The second kappa shape index (κ2) is 5.27. The molecule has 0 fully saturated rings. The third kappa shape index (κ3) is 2.68. The fraction of sp³-hybridized carbons (Fsp3) is 0.385. The van der Waals surface area contributed by atoms with Crippen LogP contribution in [0, 0.1) is 0 Å². The highest BCUT2D eigenvalue weighted by molar-refractivity contribution is 5.77. The molecule has 0 aromatic heterocycles. The van der Waals surface area contributed by atoms with Crippen LogP contribution in [-0.2, 0) is 20.7 Å². The zero-order valence-corrected chi connectivity index (χ0v) is 10.5. The van der Waals surface area contributed by atoms with Gasteiger partial charge in [0.25, 0.3) is 0 Å². The van der Waals surface area contributed by atoms with E-state index >= 15 is 0 Å². The smallest absolute Gasteiger partial charge is 0.344 e. The Labute approximate surface area is 110 Å². The van der Waals surface area contributed by atoms with Gasteiger partial charge in [-0.2, -0.15) is 0 Å². The van der Waals surface area contributed by atoms with Crippen molar-refractivity contribution in [3.05, 3.63) is 29.3 Å². The quantitative estimate of drug-likeness (QED) is 0.778. The van der Waals surface area contributed by atoms with Gasteiger partial charge >= 0.3 is 11.9 Å². The Hall–Kier alpha value is -2.08. The molecule has 3 N–H and O–H groups in total. The van der Waals surface area contributed by atoms with Gasteiger partial charge in [-0.15, -0.1) is 0 Å². The van der Waals surface area contributed by atoms with E-state index in [0.29, 0.717) is 24.2 Å². The van der Waals surface area contributed by atoms with Gasteiger partial charge in [0.1, 0.15) is 11.8 Å². The van der Waals surface area contributed by atoms with Crippen LogP contribution in [0.15, 0.2) is 18.2 Å². The fourth-order valence-electron chi connectivity index (χ4n) is 2.04. The van der Waals surface area contributed by atoms with E-state index in [-0.39, 0.29) is 0 Å². The van der Waals surface area contributed by atoms with Gasteiger partial charge in [-0.3, -0.25) is 4.79 Å². The first kappa shape index (κ1) is 13.4. The molecule has 0 saturated carbocycles. The third-order valence-electron chi connectivity index (χ3n) is 3.12. The van der Waals surface area contributed by atoms with Crippen LogP contribution in [-0.4, -0.2) is 30.3 Å². The van der Waals surface area contributed by atoms with Crippen LogP contribution in [0.5, 0.6) is 5.75 Å². The maximum atomic E-state index is 11.4. The largest absolute Gasteiger partial charge is 0.479 e. The summed E-state index contributed by atoms with van der Waals surface area (Å²) in [6.45, 7) is 0. The molecule has 6 nitrogen and oxygen atoms in total. The standard InChI is InChI=1S/C13H15NO5/c1-18-13(17)11(14)8-3-4-9-7(6-8)2-5-10(19-9)12(15)16/h3-4,6,10-11H,2,5,14H2,1H3,(H,15,16). The Kier molecular flexibility index (Phi) is 3.71. The Balaban J connectivity index is 2.22. The van der Waals surface area contributed by atoms with Crippen molar-refractivity contribution in [2.75, 3.05) is 7.11 Å². The summed E-state index contributed by atoms with van der Waals surface area (Å²) in [6.07, 6.45) is 0.167. The molecule has 1 aromatic carbocycles. The van der Waals surface area contributed by atoms with Crippen LogP contribution in [0.3, 0.4) is 0 Å². The van der Waals surface area contributed by atoms with E-state index in [0.717, 1.165) is 5.56 Å². The molecule has 2 atom stereocenters. The van der Waals surface area contributed by atoms with Crippen LogP contribution in [0.2, 0.25) is 0 Å². The minimum Gasteiger partial charge on any atom is -0.479 e. The number of nitrogens with two attached hydrogens (primary N) is 1. The van der Waals surface area contributed by atoms with Crippen LogP contribution >= 0.6 is 0 Å². The molecule has 0 radical (unpaired) electrons. The van der Waals surface area contributed by atoms with E-state index in [9.17, 15) is 9.59 Å². The molecule has 0 amide bonds. The summed E-state index contributed by atoms with van der Waals surface area (Å²) in [4.78, 5) is 22.2. The number of carbonyl (C=O) groups is 2. The lowest BCUT2D eigenvalue weighted by molar-refractivity contribution is -0.145. The maximum absolute atomic E-state index is 11.4. The van der Waals surface area contributed by atoms with Gasteiger partial charge in [0, 0.05) is 0 Å². The molecule has 2 unspecified atom stereocenters. The van der Waals surface area contributed by atoms with E-state index < -0.39 is 24.1 Å². The lowest BCUT2D eigenvalue weighted by atomic mass is 9.97. The Morgan fingerprint density at radius 3 is 2.89 bits per heavy atom. The summed E-state index contributed by atoms with van der Waals surface area (Å²) < 4.78 is 9.94. The minimum absolute atomic E-state index is 0.402. The van der Waals surface area contributed by atoms with Gasteiger partial charge < -0.3 is 20.3 Å². The average Bonchev–Trinajstić information content (AvgIpc) is 2.44. The summed E-state index contributed by atoms with van der Waals surface area (Å²) >= 11 is 0. The molecule has 0 aliphatic carbocycles. The summed E-state index contributed by atoms with van der Waals surface area (Å²) in [7, 11) is 1.28. The average molecular weight is 265 g/mol. The fourth-order valence-corrected chi connectivity index (χ4v) is 2.04. The van der Waals surface area contributed by atoms with Gasteiger partial charge in [0.15, 0.2) is 6.10 Å². The van der Waals surface area contributed by atoms with Gasteiger partial charge in [0.05, 0.1) is 7.11 Å². The number of carboxylic acid groups (broad SMARTS) is 1. The van der Waals surface area contributed by atoms with E-state index in [1.807, 2.05) is 0 Å². The molecule has 2 rings (SSSR count). The number of carboxylic acids is 1. The molecule has 19 heavy (non-hydrogen) atoms. The van der Waals surface area contributed by atoms with Gasteiger partial charge in [-0.25, -0.2) is 4.79 Å². The van der Waals surface area contributed by atoms with Crippen LogP contribution < -0.4 is 10.5 Å². The van der Waals surface area contributed by atoms with Crippen molar-refractivity contribution in [2.45, 2.75) is 25.0 Å². The molecule has 1 heterocycles. The lowest BCUT2D eigenvalue weighted by Crippen LogP contribution is -2.31. The minimum atomic E-state index is -0.971. The Bertz CT molecular complexity index is 514. The molecule has 0 spiro atoms. The van der Waals surface area contributed by atoms with Crippen LogP contribution in [0.4, 0.5) is 0 Å². The molecule has 6 heteroatoms. The molecule has 0 bridgehead atoms. The number of aryl methyl sites for hydroxylation is 1. The zero-order valence-electron chi connectivity index (χ0n) is 10.5. The van der Waals surface area contributed by atoms with Crippen LogP contribution in [0.1, 0.15) is 23.6 Å². The number of rotatable bonds is 3. The highest BCUT2D eigenvalue weighted by Gasteiger charge is 2.26. The third-order valence-corrected chi connectivity index (χ3v) is 3.12. The highest BCUT2D eigenvalue weighted by atomic mass is 16.5. The summed E-state index contributed by atoms with van der Waals surface area (Å²) in [5.74, 6) is -0.958. The molecule has 0 saturated heterocycles. The second-order valence-corrected chi connectivity index (χ2v) is 4.35. The predicted octanol–water partition coefficient (Wildman–Crippen LogP) is 0.638. The van der Waals surface area contributed by atoms with Gasteiger partial charge in [0.2, 0.25) is 0 Å².